The van der Waals surface area contributed by atoms with Gasteiger partial charge in [-0.2, -0.15) is 4.98 Å². The molecule has 3 heterocycles. The van der Waals surface area contributed by atoms with Crippen molar-refractivity contribution in [2.75, 3.05) is 13.7 Å². The number of ether oxygens (including phenoxy) is 1. The van der Waals surface area contributed by atoms with Crippen molar-refractivity contribution >= 4 is 5.91 Å². The Kier molecular flexibility index (Phi) is 5.82. The Morgan fingerprint density at radius 1 is 1.11 bits per heavy atom. The Hall–Kier alpha value is -4.27. The molecule has 9 nitrogen and oxygen atoms in total. The summed E-state index contributed by atoms with van der Waals surface area (Å²) in [6, 6.07) is 17.6. The van der Waals surface area contributed by atoms with Gasteiger partial charge in [0, 0.05) is 31.4 Å². The molecular weight excluding hydrogens is 470 g/mol. The van der Waals surface area contributed by atoms with Gasteiger partial charge in [0.15, 0.2) is 0 Å². The van der Waals surface area contributed by atoms with E-state index in [9.17, 15) is 9.59 Å². The first-order chi connectivity index (χ1) is 18.1. The molecule has 1 fully saturated rings. The van der Waals surface area contributed by atoms with E-state index in [4.69, 9.17) is 14.2 Å². The number of aromatic amines is 1. The predicted octanol–water partition coefficient (Wildman–Crippen LogP) is 3.43. The van der Waals surface area contributed by atoms with Crippen LogP contribution in [0.25, 0.3) is 11.4 Å². The van der Waals surface area contributed by atoms with E-state index in [1.54, 1.807) is 12.0 Å². The van der Waals surface area contributed by atoms with Crippen LogP contribution in [0.15, 0.2) is 63.9 Å². The summed E-state index contributed by atoms with van der Waals surface area (Å²) in [6.07, 6.45) is 3.06. The van der Waals surface area contributed by atoms with E-state index in [2.05, 4.69) is 27.3 Å². The van der Waals surface area contributed by atoms with Gasteiger partial charge in [-0.05, 0) is 42.7 Å². The molecule has 9 heteroatoms. The lowest BCUT2D eigenvalue weighted by atomic mass is 9.94. The molecule has 6 rings (SSSR count). The van der Waals surface area contributed by atoms with E-state index in [0.29, 0.717) is 36.7 Å². The number of nitrogens with zero attached hydrogens (tertiary/aromatic N) is 4. The van der Waals surface area contributed by atoms with Gasteiger partial charge in [0.25, 0.3) is 5.56 Å². The van der Waals surface area contributed by atoms with Crippen molar-refractivity contribution in [2.24, 2.45) is 0 Å². The Labute approximate surface area is 213 Å². The molecule has 1 N–H and O–H groups in total. The lowest BCUT2D eigenvalue weighted by Crippen LogP contribution is -2.40. The Bertz CT molecular complexity index is 1490. The molecule has 2 aliphatic rings. The summed E-state index contributed by atoms with van der Waals surface area (Å²) in [4.78, 5) is 40.0. The topological polar surface area (TPSA) is 114 Å². The quantitative estimate of drug-likeness (QED) is 0.416. The van der Waals surface area contributed by atoms with Gasteiger partial charge < -0.3 is 19.1 Å². The van der Waals surface area contributed by atoms with Gasteiger partial charge in [-0.15, -0.1) is 0 Å². The molecular formula is C28H27N5O4. The summed E-state index contributed by atoms with van der Waals surface area (Å²) in [5.41, 5.74) is 3.01. The van der Waals surface area contributed by atoms with Crippen LogP contribution in [0.1, 0.15) is 47.8 Å². The molecule has 2 aromatic heterocycles. The normalized spacial score (nSPS) is 15.8. The maximum Gasteiger partial charge on any atom is 0.256 e. The molecule has 188 valence electrons. The van der Waals surface area contributed by atoms with Gasteiger partial charge in [-0.1, -0.05) is 35.5 Å². The summed E-state index contributed by atoms with van der Waals surface area (Å²) in [5, 5.41) is 4.02. The van der Waals surface area contributed by atoms with Crippen molar-refractivity contribution in [1.82, 2.24) is 25.0 Å². The molecule has 1 aliphatic heterocycles. The Balaban J connectivity index is 1.11. The number of H-pyrrole nitrogens is 1. The highest BCUT2D eigenvalue weighted by molar-refractivity contribution is 5.76. The lowest BCUT2D eigenvalue weighted by Gasteiger charge is -2.28. The second kappa shape index (κ2) is 9.31. The number of hydrogen-bond donors (Lipinski definition) is 1. The maximum absolute atomic E-state index is 13.0. The van der Waals surface area contributed by atoms with Crippen molar-refractivity contribution in [3.8, 4) is 17.1 Å². The van der Waals surface area contributed by atoms with E-state index < -0.39 is 0 Å². The van der Waals surface area contributed by atoms with Crippen LogP contribution < -0.4 is 10.3 Å². The number of aryl methyl sites for hydroxylation is 1. The summed E-state index contributed by atoms with van der Waals surface area (Å²) in [7, 11) is 1.61. The highest BCUT2D eigenvalue weighted by Gasteiger charge is 2.48. The fourth-order valence-electron chi connectivity index (χ4n) is 4.99. The fourth-order valence-corrected chi connectivity index (χ4v) is 4.99. The second-order valence-electron chi connectivity index (χ2n) is 9.59. The molecule has 0 saturated heterocycles. The van der Waals surface area contributed by atoms with E-state index in [1.165, 1.54) is 5.56 Å². The number of methoxy groups -OCH3 is 1. The summed E-state index contributed by atoms with van der Waals surface area (Å²) in [6.45, 7) is 0.789. The minimum absolute atomic E-state index is 0.0544. The number of amides is 1. The van der Waals surface area contributed by atoms with Crippen molar-refractivity contribution in [3.63, 3.8) is 0 Å². The van der Waals surface area contributed by atoms with Crippen LogP contribution in [-0.4, -0.2) is 44.6 Å². The SMILES string of the molecule is COc1ccc(-c2noc(CCC(=O)N3CCc4nc(C5(c6ccccc6)CC5)[nH]c(=O)c4C3)n2)cc1. The van der Waals surface area contributed by atoms with Gasteiger partial charge >= 0.3 is 0 Å². The number of nitrogens with one attached hydrogen (secondary N) is 1. The first-order valence-corrected chi connectivity index (χ1v) is 12.5. The minimum Gasteiger partial charge on any atom is -0.497 e. The molecule has 1 saturated carbocycles. The average molecular weight is 498 g/mol. The van der Waals surface area contributed by atoms with E-state index in [1.807, 2.05) is 42.5 Å². The zero-order valence-corrected chi connectivity index (χ0v) is 20.6. The smallest absolute Gasteiger partial charge is 0.256 e. The molecule has 0 bridgehead atoms. The van der Waals surface area contributed by atoms with Crippen molar-refractivity contribution in [1.29, 1.82) is 0 Å². The Morgan fingerprint density at radius 2 is 1.89 bits per heavy atom. The van der Waals surface area contributed by atoms with Gasteiger partial charge in [-0.3, -0.25) is 9.59 Å². The largest absolute Gasteiger partial charge is 0.497 e. The number of aromatic nitrogens is 4. The third-order valence-electron chi connectivity index (χ3n) is 7.32. The third-order valence-corrected chi connectivity index (χ3v) is 7.32. The zero-order valence-electron chi connectivity index (χ0n) is 20.6. The summed E-state index contributed by atoms with van der Waals surface area (Å²) < 4.78 is 10.5. The third kappa shape index (κ3) is 4.41. The van der Waals surface area contributed by atoms with E-state index >= 15 is 0 Å². The number of carbonyl (C=O) groups is 1. The highest BCUT2D eigenvalue weighted by atomic mass is 16.5. The molecule has 4 aromatic rings. The van der Waals surface area contributed by atoms with Crippen LogP contribution in [0.2, 0.25) is 0 Å². The van der Waals surface area contributed by atoms with E-state index in [-0.39, 0.29) is 29.8 Å². The van der Waals surface area contributed by atoms with Crippen LogP contribution in [0.5, 0.6) is 5.75 Å². The summed E-state index contributed by atoms with van der Waals surface area (Å²) in [5.74, 6) is 2.30. The summed E-state index contributed by atoms with van der Waals surface area (Å²) >= 11 is 0. The predicted molar refractivity (Wildman–Crippen MR) is 135 cm³/mol. The van der Waals surface area contributed by atoms with Gasteiger partial charge in [0.2, 0.25) is 17.6 Å². The molecule has 2 aromatic carbocycles. The van der Waals surface area contributed by atoms with Gasteiger partial charge in [0.05, 0.1) is 30.3 Å². The molecule has 0 unspecified atom stereocenters. The Morgan fingerprint density at radius 3 is 2.62 bits per heavy atom. The van der Waals surface area contributed by atoms with Crippen molar-refractivity contribution in [3.05, 3.63) is 93.5 Å². The van der Waals surface area contributed by atoms with Crippen LogP contribution in [0.3, 0.4) is 0 Å². The van der Waals surface area contributed by atoms with Crippen molar-refractivity contribution < 1.29 is 14.1 Å². The number of fused-ring (bicyclic) bond motifs is 1. The molecule has 0 spiro atoms. The maximum atomic E-state index is 13.0. The fraction of sp³-hybridized carbons (Fsp3) is 0.321. The van der Waals surface area contributed by atoms with Crippen molar-refractivity contribution in [2.45, 2.75) is 44.1 Å². The standard InChI is InChI=1S/C28H27N5O4/c1-36-20-9-7-18(8-10-20)25-30-23(37-32-25)11-12-24(34)33-16-13-22-21(17-33)26(35)31-27(29-22)28(14-15-28)19-5-3-2-4-6-19/h2-10H,11-17H2,1H3,(H,29,31,35). The van der Waals surface area contributed by atoms with Crippen LogP contribution in [-0.2, 0) is 29.6 Å². The molecule has 0 radical (unpaired) electrons. The van der Waals surface area contributed by atoms with Gasteiger partial charge in [0.1, 0.15) is 11.6 Å². The molecule has 1 amide bonds. The monoisotopic (exact) mass is 497 g/mol. The second-order valence-corrected chi connectivity index (χ2v) is 9.59. The number of carbonyl (C=O) groups excluding carboxylic acids is 1. The van der Waals surface area contributed by atoms with E-state index in [0.717, 1.165) is 35.7 Å². The van der Waals surface area contributed by atoms with Crippen LogP contribution in [0, 0.1) is 0 Å². The first kappa shape index (κ1) is 23.1. The zero-order chi connectivity index (χ0) is 25.4. The number of rotatable bonds is 7. The molecule has 1 aliphatic carbocycles. The molecule has 0 atom stereocenters. The number of benzene rings is 2. The van der Waals surface area contributed by atoms with Crippen LogP contribution in [0.4, 0.5) is 0 Å². The number of hydrogen-bond acceptors (Lipinski definition) is 7. The lowest BCUT2D eigenvalue weighted by molar-refractivity contribution is -0.132. The average Bonchev–Trinajstić information content (AvgIpc) is 3.63. The highest BCUT2D eigenvalue weighted by Crippen LogP contribution is 2.51. The van der Waals surface area contributed by atoms with Crippen LogP contribution >= 0.6 is 0 Å². The molecule has 37 heavy (non-hydrogen) atoms. The first-order valence-electron chi connectivity index (χ1n) is 12.5. The minimum atomic E-state index is -0.197. The van der Waals surface area contributed by atoms with Gasteiger partial charge in [-0.25, -0.2) is 4.98 Å².